The fourth-order valence-electron chi connectivity index (χ4n) is 9.00. The molecule has 1 aromatic heterocycles. The number of benzene rings is 3. The van der Waals surface area contributed by atoms with Crippen LogP contribution in [0.5, 0.6) is 11.5 Å². The van der Waals surface area contributed by atoms with Crippen LogP contribution in [0.4, 0.5) is 0 Å². The van der Waals surface area contributed by atoms with Crippen LogP contribution in [0.15, 0.2) is 83.7 Å². The van der Waals surface area contributed by atoms with E-state index in [1.54, 1.807) is 12.1 Å². The number of ether oxygens (including phenoxy) is 2. The van der Waals surface area contributed by atoms with Crippen molar-refractivity contribution < 1.29 is 29.3 Å². The van der Waals surface area contributed by atoms with Crippen LogP contribution >= 0.6 is 0 Å². The first kappa shape index (κ1) is 35.7. The SMILES string of the molecule is C[C@@H](Cc1ccc(OCC[N+]23CCC(CC2)[C@@H](OC[C@@](O)(c2ccccc2)C2CCCC2)C3)cc1)NC[C@H](O)c1ccc(O)c2[nH]c(=O)ccc12. The predicted molar refractivity (Wildman–Crippen MR) is 199 cm³/mol. The van der Waals surface area contributed by atoms with Gasteiger partial charge in [-0.25, -0.2) is 0 Å². The van der Waals surface area contributed by atoms with Gasteiger partial charge in [-0.05, 0) is 73.1 Å². The molecule has 0 amide bonds. The molecule has 272 valence electrons. The topological polar surface area (TPSA) is 124 Å². The molecule has 3 aromatic carbocycles. The van der Waals surface area contributed by atoms with Crippen LogP contribution in [0.2, 0.25) is 0 Å². The third kappa shape index (κ3) is 8.03. The Bertz CT molecular complexity index is 1800. The molecule has 0 radical (unpaired) electrons. The number of hydrogen-bond acceptors (Lipinski definition) is 7. The molecular weight excluding hydrogens is 642 g/mol. The van der Waals surface area contributed by atoms with E-state index in [0.29, 0.717) is 42.1 Å². The van der Waals surface area contributed by atoms with Crippen molar-refractivity contribution in [3.63, 3.8) is 0 Å². The van der Waals surface area contributed by atoms with E-state index in [-0.39, 0.29) is 29.4 Å². The van der Waals surface area contributed by atoms with Crippen molar-refractivity contribution in [1.82, 2.24) is 10.3 Å². The van der Waals surface area contributed by atoms with E-state index in [1.807, 2.05) is 30.3 Å². The molecule has 0 unspecified atom stereocenters. The average molecular weight is 697 g/mol. The van der Waals surface area contributed by atoms with E-state index in [4.69, 9.17) is 9.47 Å². The van der Waals surface area contributed by atoms with E-state index in [1.165, 1.54) is 56.5 Å². The lowest BCUT2D eigenvalue weighted by Gasteiger charge is -2.52. The lowest BCUT2D eigenvalue weighted by molar-refractivity contribution is -0.946. The lowest BCUT2D eigenvalue weighted by atomic mass is 9.80. The van der Waals surface area contributed by atoms with Crippen LogP contribution in [0.1, 0.15) is 68.2 Å². The molecule has 4 atom stereocenters. The summed E-state index contributed by atoms with van der Waals surface area (Å²) in [7, 11) is 0. The lowest BCUT2D eigenvalue weighted by Crippen LogP contribution is -2.65. The van der Waals surface area contributed by atoms with Gasteiger partial charge in [-0.1, -0.05) is 61.4 Å². The number of quaternary nitrogens is 1. The van der Waals surface area contributed by atoms with Crippen molar-refractivity contribution in [2.45, 2.75) is 75.7 Å². The summed E-state index contributed by atoms with van der Waals surface area (Å²) in [4.78, 5) is 14.4. The van der Waals surface area contributed by atoms with Gasteiger partial charge in [0.05, 0.1) is 31.3 Å². The van der Waals surface area contributed by atoms with Crippen LogP contribution in [-0.4, -0.2) is 82.9 Å². The van der Waals surface area contributed by atoms with Gasteiger partial charge in [0.15, 0.2) is 0 Å². The quantitative estimate of drug-likeness (QED) is 0.103. The summed E-state index contributed by atoms with van der Waals surface area (Å²) in [6.07, 6.45) is 6.99. The summed E-state index contributed by atoms with van der Waals surface area (Å²) in [5.41, 5.74) is 1.93. The van der Waals surface area contributed by atoms with Crippen molar-refractivity contribution in [3.8, 4) is 11.5 Å². The first-order valence-corrected chi connectivity index (χ1v) is 18.9. The molecule has 4 aromatic rings. The minimum Gasteiger partial charge on any atom is -0.506 e. The zero-order valence-electron chi connectivity index (χ0n) is 29.8. The number of aliphatic hydroxyl groups excluding tert-OH is 1. The smallest absolute Gasteiger partial charge is 0.248 e. The second-order valence-corrected chi connectivity index (χ2v) is 15.5. The molecule has 3 saturated heterocycles. The molecule has 4 fully saturated rings. The number of pyridine rings is 1. The van der Waals surface area contributed by atoms with Gasteiger partial charge in [0.2, 0.25) is 5.56 Å². The van der Waals surface area contributed by atoms with E-state index in [9.17, 15) is 20.1 Å². The van der Waals surface area contributed by atoms with Crippen molar-refractivity contribution in [2.24, 2.45) is 11.8 Å². The Hall–Kier alpha value is -3.73. The molecule has 9 nitrogen and oxygen atoms in total. The van der Waals surface area contributed by atoms with Crippen LogP contribution in [0.25, 0.3) is 10.9 Å². The zero-order valence-corrected chi connectivity index (χ0v) is 29.8. The van der Waals surface area contributed by atoms with Gasteiger partial charge in [-0.2, -0.15) is 0 Å². The van der Waals surface area contributed by atoms with Gasteiger partial charge in [0.1, 0.15) is 42.9 Å². The molecule has 51 heavy (non-hydrogen) atoms. The van der Waals surface area contributed by atoms with Crippen molar-refractivity contribution in [1.29, 1.82) is 0 Å². The molecule has 9 heteroatoms. The zero-order chi connectivity index (χ0) is 35.4. The number of aromatic amines is 1. The number of rotatable bonds is 15. The van der Waals surface area contributed by atoms with E-state index < -0.39 is 11.7 Å². The number of aromatic hydroxyl groups is 1. The number of aromatic nitrogens is 1. The van der Waals surface area contributed by atoms with Crippen LogP contribution in [0, 0.1) is 11.8 Å². The largest absolute Gasteiger partial charge is 0.506 e. The Morgan fingerprint density at radius 3 is 2.45 bits per heavy atom. The molecule has 4 heterocycles. The Morgan fingerprint density at radius 1 is 0.961 bits per heavy atom. The van der Waals surface area contributed by atoms with Gasteiger partial charge in [-0.15, -0.1) is 0 Å². The first-order valence-electron chi connectivity index (χ1n) is 18.9. The minimum absolute atomic E-state index is 0.0192. The number of piperidine rings is 3. The summed E-state index contributed by atoms with van der Waals surface area (Å²) >= 11 is 0. The van der Waals surface area contributed by atoms with Gasteiger partial charge in [0.25, 0.3) is 0 Å². The number of phenols is 1. The average Bonchev–Trinajstić information content (AvgIpc) is 3.71. The van der Waals surface area contributed by atoms with Crippen LogP contribution < -0.4 is 15.6 Å². The maximum absolute atomic E-state index is 12.0. The Labute approximate surface area is 300 Å². The third-order valence-electron chi connectivity index (χ3n) is 12.1. The molecule has 1 saturated carbocycles. The number of nitrogens with one attached hydrogen (secondary N) is 2. The number of nitrogens with zero attached hydrogens (tertiary/aromatic N) is 1. The summed E-state index contributed by atoms with van der Waals surface area (Å²) in [6, 6.07) is 24.8. The van der Waals surface area contributed by atoms with Gasteiger partial charge in [0, 0.05) is 42.8 Å². The predicted octanol–water partition coefficient (Wildman–Crippen LogP) is 5.57. The number of phenolic OH excluding ortho intramolecular Hbond substituents is 1. The Balaban J connectivity index is 0.878. The second-order valence-electron chi connectivity index (χ2n) is 15.5. The summed E-state index contributed by atoms with van der Waals surface area (Å²) in [5.74, 6) is 1.68. The van der Waals surface area contributed by atoms with E-state index >= 15 is 0 Å². The Morgan fingerprint density at radius 2 is 1.71 bits per heavy atom. The normalized spacial score (nSPS) is 24.4. The molecule has 2 bridgehead atoms. The molecular formula is C42H54N3O6+. The highest BCUT2D eigenvalue weighted by Crippen LogP contribution is 2.42. The first-order chi connectivity index (χ1) is 24.7. The molecule has 4 aliphatic rings. The summed E-state index contributed by atoms with van der Waals surface area (Å²) in [5, 5.41) is 37.2. The van der Waals surface area contributed by atoms with Gasteiger partial charge >= 0.3 is 0 Å². The fraction of sp³-hybridized carbons (Fsp3) is 0.500. The molecule has 3 aliphatic heterocycles. The van der Waals surface area contributed by atoms with Crippen LogP contribution in [-0.2, 0) is 16.8 Å². The summed E-state index contributed by atoms with van der Waals surface area (Å²) in [6.45, 7) is 7.73. The standard InChI is InChI=1S/C42H53N3O6/c1-29(43-26-38(47)35-15-17-37(46)41-36(35)16-18-40(48)44-41)25-30-11-13-34(14-12-30)50-24-23-45-21-19-31(20-22-45)39(27-45)51-28-42(49,33-9-5-6-10-33)32-7-3-2-4-8-32/h2-4,7-8,11-18,29,31,33,38-39,43,47,49H,5-6,9-10,19-28H2,1H3,(H-,44,46,48)/p+1/t29-,31?,38-,39-,42+,45?/m0/s1. The number of fused-ring (bicyclic) bond motifs is 4. The van der Waals surface area contributed by atoms with Gasteiger partial charge < -0.3 is 39.6 Å². The van der Waals surface area contributed by atoms with E-state index in [2.05, 4.69) is 41.5 Å². The van der Waals surface area contributed by atoms with Crippen molar-refractivity contribution in [2.75, 3.05) is 45.9 Å². The van der Waals surface area contributed by atoms with Crippen molar-refractivity contribution in [3.05, 3.63) is 106 Å². The summed E-state index contributed by atoms with van der Waals surface area (Å²) < 4.78 is 14.0. The maximum Gasteiger partial charge on any atom is 0.248 e. The molecule has 8 rings (SSSR count). The Kier molecular flexibility index (Phi) is 10.8. The number of H-pyrrole nitrogens is 1. The molecule has 0 spiro atoms. The van der Waals surface area contributed by atoms with Crippen molar-refractivity contribution >= 4 is 10.9 Å². The highest BCUT2D eigenvalue weighted by Gasteiger charge is 2.48. The molecule has 1 aliphatic carbocycles. The highest BCUT2D eigenvalue weighted by molar-refractivity contribution is 5.87. The maximum atomic E-state index is 12.0. The number of hydrogen-bond donors (Lipinski definition) is 5. The monoisotopic (exact) mass is 696 g/mol. The fourth-order valence-corrected chi connectivity index (χ4v) is 9.00. The minimum atomic E-state index is -0.925. The second kappa shape index (κ2) is 15.5. The number of aliphatic hydroxyl groups is 2. The van der Waals surface area contributed by atoms with Crippen LogP contribution in [0.3, 0.4) is 0 Å². The molecule has 5 N–H and O–H groups in total. The van der Waals surface area contributed by atoms with Gasteiger partial charge in [-0.3, -0.25) is 4.79 Å². The van der Waals surface area contributed by atoms with E-state index in [0.717, 1.165) is 48.1 Å². The highest BCUT2D eigenvalue weighted by atomic mass is 16.5. The third-order valence-corrected chi connectivity index (χ3v) is 12.1.